The number of anilines is 1. The van der Waals surface area contributed by atoms with E-state index >= 15 is 0 Å². The second-order valence-electron chi connectivity index (χ2n) is 5.82. The van der Waals surface area contributed by atoms with Crippen molar-refractivity contribution in [2.45, 2.75) is 31.3 Å². The summed E-state index contributed by atoms with van der Waals surface area (Å²) < 4.78 is 0. The molecule has 1 aliphatic carbocycles. The van der Waals surface area contributed by atoms with Gasteiger partial charge in [-0.15, -0.1) is 0 Å². The number of hydrogen-bond donors (Lipinski definition) is 2. The van der Waals surface area contributed by atoms with Gasteiger partial charge in [-0.3, -0.25) is 9.78 Å². The third-order valence-electron chi connectivity index (χ3n) is 4.32. The number of pyridine rings is 1. The minimum Gasteiger partial charge on any atom is -0.391 e. The van der Waals surface area contributed by atoms with Crippen molar-refractivity contribution in [3.63, 3.8) is 0 Å². The summed E-state index contributed by atoms with van der Waals surface area (Å²) in [4.78, 5) is 17.9. The Morgan fingerprint density at radius 2 is 2.30 bits per heavy atom. The molecule has 108 valence electrons. The summed E-state index contributed by atoms with van der Waals surface area (Å²) in [6, 6.07) is 2.03. The van der Waals surface area contributed by atoms with Crippen molar-refractivity contribution in [2.24, 2.45) is 5.92 Å². The lowest BCUT2D eigenvalue weighted by atomic mass is 10.0. The number of amides is 1. The highest BCUT2D eigenvalue weighted by molar-refractivity contribution is 5.76. The van der Waals surface area contributed by atoms with E-state index in [9.17, 15) is 9.90 Å². The molecule has 20 heavy (non-hydrogen) atoms. The molecule has 2 N–H and O–H groups in total. The molecule has 2 heterocycles. The number of aromatic nitrogens is 1. The Labute approximate surface area is 119 Å². The molecule has 5 heteroatoms. The summed E-state index contributed by atoms with van der Waals surface area (Å²) in [7, 11) is 1.63. The maximum atomic E-state index is 11.5. The van der Waals surface area contributed by atoms with Crippen LogP contribution in [0.3, 0.4) is 0 Å². The van der Waals surface area contributed by atoms with Crippen LogP contribution in [0, 0.1) is 5.92 Å². The molecule has 0 spiro atoms. The van der Waals surface area contributed by atoms with Crippen LogP contribution in [-0.2, 0) is 4.79 Å². The van der Waals surface area contributed by atoms with Crippen LogP contribution in [0.15, 0.2) is 18.5 Å². The fraction of sp³-hybridized carbons (Fsp3) is 0.600. The molecule has 1 saturated carbocycles. The minimum atomic E-state index is -0.437. The first-order chi connectivity index (χ1) is 9.69. The highest BCUT2D eigenvalue weighted by atomic mass is 16.3. The molecule has 2 aliphatic rings. The lowest BCUT2D eigenvalue weighted by Gasteiger charge is -2.21. The van der Waals surface area contributed by atoms with Gasteiger partial charge in [0, 0.05) is 50.6 Å². The van der Waals surface area contributed by atoms with Gasteiger partial charge in [0.2, 0.25) is 5.91 Å². The fourth-order valence-electron chi connectivity index (χ4n) is 2.99. The van der Waals surface area contributed by atoms with Crippen LogP contribution in [0.5, 0.6) is 0 Å². The standard InChI is InChI=1S/C15H21N3O2/c1-16-15(20)6-11-8-18(9-14(11)19)13-4-5-17-7-12(13)10-2-3-10/h4-5,7,10-11,14,19H,2-3,6,8-9H2,1H3,(H,16,20)/t11-,14-/m1/s1. The lowest BCUT2D eigenvalue weighted by molar-refractivity contribution is -0.122. The van der Waals surface area contributed by atoms with E-state index in [1.165, 1.54) is 24.1 Å². The lowest BCUT2D eigenvalue weighted by Crippen LogP contribution is -2.27. The average Bonchev–Trinajstić information content (AvgIpc) is 3.24. The normalized spacial score (nSPS) is 25.8. The molecule has 0 aromatic carbocycles. The molecule has 1 amide bonds. The molecule has 5 nitrogen and oxygen atoms in total. The molecule has 1 saturated heterocycles. The Bertz CT molecular complexity index is 502. The quantitative estimate of drug-likeness (QED) is 0.856. The number of β-amino-alcohol motifs (C(OH)–C–C–N with tert-alkyl or cyclic N) is 1. The van der Waals surface area contributed by atoms with E-state index in [1.807, 2.05) is 12.3 Å². The topological polar surface area (TPSA) is 65.5 Å². The smallest absolute Gasteiger partial charge is 0.220 e. The third kappa shape index (κ3) is 2.63. The zero-order chi connectivity index (χ0) is 14.1. The first-order valence-electron chi connectivity index (χ1n) is 7.26. The first-order valence-corrected chi connectivity index (χ1v) is 7.26. The molecule has 1 aliphatic heterocycles. The van der Waals surface area contributed by atoms with Gasteiger partial charge in [0.1, 0.15) is 0 Å². The maximum Gasteiger partial charge on any atom is 0.220 e. The zero-order valence-electron chi connectivity index (χ0n) is 11.7. The molecule has 0 unspecified atom stereocenters. The van der Waals surface area contributed by atoms with Gasteiger partial charge < -0.3 is 15.3 Å². The van der Waals surface area contributed by atoms with Crippen molar-refractivity contribution in [2.75, 3.05) is 25.0 Å². The number of hydrogen-bond acceptors (Lipinski definition) is 4. The van der Waals surface area contributed by atoms with Crippen molar-refractivity contribution in [3.05, 3.63) is 24.0 Å². The number of nitrogens with one attached hydrogen (secondary N) is 1. The summed E-state index contributed by atoms with van der Waals surface area (Å²) >= 11 is 0. The van der Waals surface area contributed by atoms with Crippen molar-refractivity contribution in [1.82, 2.24) is 10.3 Å². The van der Waals surface area contributed by atoms with Crippen molar-refractivity contribution in [1.29, 1.82) is 0 Å². The Morgan fingerprint density at radius 1 is 1.50 bits per heavy atom. The Hall–Kier alpha value is -1.62. The van der Waals surface area contributed by atoms with Crippen LogP contribution in [0.2, 0.25) is 0 Å². The van der Waals surface area contributed by atoms with E-state index < -0.39 is 6.10 Å². The van der Waals surface area contributed by atoms with Gasteiger partial charge in [-0.1, -0.05) is 0 Å². The van der Waals surface area contributed by atoms with E-state index in [4.69, 9.17) is 0 Å². The van der Waals surface area contributed by atoms with Gasteiger partial charge in [0.15, 0.2) is 0 Å². The van der Waals surface area contributed by atoms with Crippen molar-refractivity contribution < 1.29 is 9.90 Å². The largest absolute Gasteiger partial charge is 0.391 e. The van der Waals surface area contributed by atoms with Crippen LogP contribution in [0.4, 0.5) is 5.69 Å². The molecule has 1 aromatic rings. The Balaban J connectivity index is 1.74. The van der Waals surface area contributed by atoms with E-state index in [2.05, 4.69) is 15.2 Å². The second kappa shape index (κ2) is 5.40. The second-order valence-corrected chi connectivity index (χ2v) is 5.82. The van der Waals surface area contributed by atoms with Gasteiger partial charge in [0.25, 0.3) is 0 Å². The van der Waals surface area contributed by atoms with Gasteiger partial charge in [0.05, 0.1) is 6.10 Å². The molecule has 0 radical (unpaired) electrons. The van der Waals surface area contributed by atoms with Crippen molar-refractivity contribution in [3.8, 4) is 0 Å². The summed E-state index contributed by atoms with van der Waals surface area (Å²) in [6.45, 7) is 1.34. The zero-order valence-corrected chi connectivity index (χ0v) is 11.7. The predicted octanol–water partition coefficient (Wildman–Crippen LogP) is 0.892. The third-order valence-corrected chi connectivity index (χ3v) is 4.32. The van der Waals surface area contributed by atoms with E-state index in [-0.39, 0.29) is 11.8 Å². The van der Waals surface area contributed by atoms with Crippen LogP contribution < -0.4 is 10.2 Å². The fourth-order valence-corrected chi connectivity index (χ4v) is 2.99. The number of aliphatic hydroxyl groups is 1. The van der Waals surface area contributed by atoms with Crippen LogP contribution in [0.1, 0.15) is 30.7 Å². The van der Waals surface area contributed by atoms with Crippen LogP contribution in [0.25, 0.3) is 0 Å². The number of carbonyl (C=O) groups is 1. The average molecular weight is 275 g/mol. The van der Waals surface area contributed by atoms with Gasteiger partial charge in [-0.2, -0.15) is 0 Å². The van der Waals surface area contributed by atoms with Crippen LogP contribution in [-0.4, -0.2) is 42.2 Å². The SMILES string of the molecule is CNC(=O)C[C@@H]1CN(c2ccncc2C2CC2)C[C@H]1O. The maximum absolute atomic E-state index is 11.5. The minimum absolute atomic E-state index is 0.00644. The predicted molar refractivity (Wildman–Crippen MR) is 76.6 cm³/mol. The van der Waals surface area contributed by atoms with E-state index in [1.54, 1.807) is 13.2 Å². The molecule has 2 fully saturated rings. The molecular formula is C15H21N3O2. The highest BCUT2D eigenvalue weighted by Gasteiger charge is 2.35. The van der Waals surface area contributed by atoms with E-state index in [0.29, 0.717) is 18.9 Å². The number of nitrogens with zero attached hydrogens (tertiary/aromatic N) is 2. The van der Waals surface area contributed by atoms with Gasteiger partial charge in [-0.05, 0) is 30.4 Å². The summed E-state index contributed by atoms with van der Waals surface area (Å²) in [5.41, 5.74) is 2.47. The molecule has 3 rings (SSSR count). The number of carbonyl (C=O) groups excluding carboxylic acids is 1. The first kappa shape index (κ1) is 13.4. The Kier molecular flexibility index (Phi) is 3.61. The van der Waals surface area contributed by atoms with Crippen LogP contribution >= 0.6 is 0 Å². The number of rotatable bonds is 4. The van der Waals surface area contributed by atoms with Gasteiger partial charge >= 0.3 is 0 Å². The monoisotopic (exact) mass is 275 g/mol. The Morgan fingerprint density at radius 3 is 3.00 bits per heavy atom. The van der Waals surface area contributed by atoms with Crippen molar-refractivity contribution >= 4 is 11.6 Å². The summed E-state index contributed by atoms with van der Waals surface area (Å²) in [6.07, 6.45) is 6.17. The molecular weight excluding hydrogens is 254 g/mol. The molecule has 1 aromatic heterocycles. The molecule has 0 bridgehead atoms. The summed E-state index contributed by atoms with van der Waals surface area (Å²) in [5, 5.41) is 12.8. The van der Waals surface area contributed by atoms with Gasteiger partial charge in [-0.25, -0.2) is 0 Å². The highest BCUT2D eigenvalue weighted by Crippen LogP contribution is 2.44. The van der Waals surface area contributed by atoms with E-state index in [0.717, 1.165) is 6.54 Å². The number of aliphatic hydroxyl groups excluding tert-OH is 1. The molecule has 2 atom stereocenters. The summed E-state index contributed by atoms with van der Waals surface area (Å²) in [5.74, 6) is 0.636.